The number of rotatable bonds is 5. The summed E-state index contributed by atoms with van der Waals surface area (Å²) in [6.07, 6.45) is 5.74. The van der Waals surface area contributed by atoms with Gasteiger partial charge in [-0.3, -0.25) is 0 Å². The van der Waals surface area contributed by atoms with Gasteiger partial charge in [-0.2, -0.15) is 0 Å². The lowest BCUT2D eigenvalue weighted by molar-refractivity contribution is -0.255. The van der Waals surface area contributed by atoms with Crippen molar-refractivity contribution in [2.24, 2.45) is 53.3 Å². The second-order valence-corrected chi connectivity index (χ2v) is 10.8. The van der Waals surface area contributed by atoms with Crippen molar-refractivity contribution in [3.05, 3.63) is 0 Å². The predicted octanol–water partition coefficient (Wildman–Crippen LogP) is 5.36. The van der Waals surface area contributed by atoms with Crippen molar-refractivity contribution in [2.75, 3.05) is 7.11 Å². The number of ether oxygens (including phenoxy) is 2. The van der Waals surface area contributed by atoms with E-state index in [0.29, 0.717) is 0 Å². The molecule has 4 rings (SSSR count). The maximum absolute atomic E-state index is 6.33. The van der Waals surface area contributed by atoms with Crippen molar-refractivity contribution in [3.8, 4) is 0 Å². The Morgan fingerprint density at radius 1 is 0.833 bits per heavy atom. The predicted molar refractivity (Wildman–Crippen MR) is 97.5 cm³/mol. The third kappa shape index (κ3) is 2.50. The van der Waals surface area contributed by atoms with Gasteiger partial charge >= 0.3 is 0 Å². The molecule has 0 aromatic rings. The van der Waals surface area contributed by atoms with Crippen molar-refractivity contribution in [1.82, 2.24) is 0 Å². The van der Waals surface area contributed by atoms with E-state index in [-0.39, 0.29) is 5.60 Å². The molecular weight excluding hydrogens is 296 g/mol. The molecule has 4 aliphatic carbocycles. The average Bonchev–Trinajstić information content (AvgIpc) is 3.17. The van der Waals surface area contributed by atoms with Crippen molar-refractivity contribution in [1.29, 1.82) is 0 Å². The SMILES string of the molecule is COC(C)(C)OC(C)(C)CC1CC2CC1C1C3CC(C(C)C3C)C21. The normalized spacial score (nSPS) is 49.9. The molecule has 4 bridgehead atoms. The maximum Gasteiger partial charge on any atom is 0.163 e. The van der Waals surface area contributed by atoms with Crippen LogP contribution in [0.25, 0.3) is 0 Å². The van der Waals surface area contributed by atoms with E-state index in [0.717, 1.165) is 53.3 Å². The fraction of sp³-hybridized carbons (Fsp3) is 1.00. The zero-order chi connectivity index (χ0) is 17.4. The highest BCUT2D eigenvalue weighted by atomic mass is 16.7. The molecule has 9 atom stereocenters. The van der Waals surface area contributed by atoms with E-state index in [2.05, 4.69) is 27.7 Å². The summed E-state index contributed by atoms with van der Waals surface area (Å²) in [5, 5.41) is 0. The van der Waals surface area contributed by atoms with Crippen LogP contribution in [0.4, 0.5) is 0 Å². The first-order valence-electron chi connectivity index (χ1n) is 10.4. The van der Waals surface area contributed by atoms with Gasteiger partial charge in [0.15, 0.2) is 5.79 Å². The van der Waals surface area contributed by atoms with Crippen LogP contribution in [0.3, 0.4) is 0 Å². The van der Waals surface area contributed by atoms with E-state index in [9.17, 15) is 0 Å². The van der Waals surface area contributed by atoms with Gasteiger partial charge in [0.05, 0.1) is 5.60 Å². The Morgan fingerprint density at radius 3 is 2.08 bits per heavy atom. The zero-order valence-electron chi connectivity index (χ0n) is 16.8. The zero-order valence-corrected chi connectivity index (χ0v) is 16.8. The molecule has 4 aliphatic rings. The summed E-state index contributed by atoms with van der Waals surface area (Å²) in [7, 11) is 1.75. The Labute approximate surface area is 149 Å². The Balaban J connectivity index is 1.46. The van der Waals surface area contributed by atoms with Gasteiger partial charge in [-0.05, 0) is 107 Å². The standard InChI is InChI=1S/C22H38O2/c1-12-13(2)17-10-16(12)19-14-8-15(18(9-14)20(17)19)11-21(3,4)24-22(5,6)23-7/h12-20H,8-11H2,1-7H3. The molecular formula is C22H38O2. The van der Waals surface area contributed by atoms with E-state index in [1.807, 2.05) is 13.8 Å². The summed E-state index contributed by atoms with van der Waals surface area (Å²) >= 11 is 0. The molecule has 0 aromatic carbocycles. The Bertz CT molecular complexity index is 496. The van der Waals surface area contributed by atoms with Crippen LogP contribution in [-0.2, 0) is 9.47 Å². The monoisotopic (exact) mass is 334 g/mol. The van der Waals surface area contributed by atoms with E-state index in [1.54, 1.807) is 13.5 Å². The third-order valence-electron chi connectivity index (χ3n) is 8.75. The van der Waals surface area contributed by atoms with E-state index in [1.165, 1.54) is 19.3 Å². The maximum atomic E-state index is 6.33. The molecule has 0 spiro atoms. The van der Waals surface area contributed by atoms with E-state index in [4.69, 9.17) is 9.47 Å². The van der Waals surface area contributed by atoms with Crippen LogP contribution in [0.1, 0.15) is 67.2 Å². The summed E-state index contributed by atoms with van der Waals surface area (Å²) in [6.45, 7) is 13.7. The Kier molecular flexibility index (Phi) is 3.94. The topological polar surface area (TPSA) is 18.5 Å². The van der Waals surface area contributed by atoms with Gasteiger partial charge in [0.25, 0.3) is 0 Å². The van der Waals surface area contributed by atoms with Crippen LogP contribution < -0.4 is 0 Å². The van der Waals surface area contributed by atoms with Gasteiger partial charge in [0.1, 0.15) is 0 Å². The summed E-state index contributed by atoms with van der Waals surface area (Å²) in [6, 6.07) is 0. The first kappa shape index (κ1) is 17.3. The fourth-order valence-corrected chi connectivity index (χ4v) is 7.98. The van der Waals surface area contributed by atoms with Crippen LogP contribution in [0.15, 0.2) is 0 Å². The number of fused-ring (bicyclic) bond motifs is 9. The molecule has 2 heteroatoms. The highest BCUT2D eigenvalue weighted by Gasteiger charge is 2.65. The summed E-state index contributed by atoms with van der Waals surface area (Å²) in [4.78, 5) is 0. The smallest absolute Gasteiger partial charge is 0.163 e. The number of hydrogen-bond acceptors (Lipinski definition) is 2. The first-order chi connectivity index (χ1) is 11.1. The van der Waals surface area contributed by atoms with Crippen LogP contribution in [0.2, 0.25) is 0 Å². The molecule has 0 amide bonds. The quantitative estimate of drug-likeness (QED) is 0.497. The van der Waals surface area contributed by atoms with Crippen molar-refractivity contribution in [2.45, 2.75) is 78.6 Å². The second kappa shape index (κ2) is 5.46. The molecule has 138 valence electrons. The minimum Gasteiger partial charge on any atom is -0.354 e. The summed E-state index contributed by atoms with van der Waals surface area (Å²) in [5.41, 5.74) is -0.0965. The van der Waals surface area contributed by atoms with E-state index < -0.39 is 5.79 Å². The number of methoxy groups -OCH3 is 1. The molecule has 0 radical (unpaired) electrons. The van der Waals surface area contributed by atoms with Gasteiger partial charge in [-0.1, -0.05) is 13.8 Å². The molecule has 2 nitrogen and oxygen atoms in total. The highest BCUT2D eigenvalue weighted by molar-refractivity contribution is 5.14. The minimum atomic E-state index is -0.486. The lowest BCUT2D eigenvalue weighted by Gasteiger charge is -2.45. The second-order valence-electron chi connectivity index (χ2n) is 10.8. The molecule has 0 aliphatic heterocycles. The summed E-state index contributed by atoms with van der Waals surface area (Å²) < 4.78 is 11.8. The highest BCUT2D eigenvalue weighted by Crippen LogP contribution is 2.71. The Hall–Kier alpha value is -0.0800. The van der Waals surface area contributed by atoms with Crippen LogP contribution >= 0.6 is 0 Å². The minimum absolute atomic E-state index is 0.0965. The molecule has 24 heavy (non-hydrogen) atoms. The van der Waals surface area contributed by atoms with Crippen molar-refractivity contribution in [3.63, 3.8) is 0 Å². The van der Waals surface area contributed by atoms with Gasteiger partial charge < -0.3 is 9.47 Å². The van der Waals surface area contributed by atoms with Gasteiger partial charge in [0.2, 0.25) is 0 Å². The van der Waals surface area contributed by atoms with Gasteiger partial charge in [0, 0.05) is 7.11 Å². The van der Waals surface area contributed by atoms with E-state index >= 15 is 0 Å². The molecule has 0 N–H and O–H groups in total. The third-order valence-corrected chi connectivity index (χ3v) is 8.75. The van der Waals surface area contributed by atoms with Crippen LogP contribution in [-0.4, -0.2) is 18.5 Å². The molecule has 0 saturated heterocycles. The molecule has 4 saturated carbocycles. The van der Waals surface area contributed by atoms with Crippen LogP contribution in [0.5, 0.6) is 0 Å². The van der Waals surface area contributed by atoms with Crippen molar-refractivity contribution < 1.29 is 9.47 Å². The molecule has 4 fully saturated rings. The van der Waals surface area contributed by atoms with Gasteiger partial charge in [-0.15, -0.1) is 0 Å². The fourth-order valence-electron chi connectivity index (χ4n) is 7.98. The van der Waals surface area contributed by atoms with Crippen LogP contribution in [0, 0.1) is 53.3 Å². The van der Waals surface area contributed by atoms with Crippen molar-refractivity contribution >= 4 is 0 Å². The molecule has 0 heterocycles. The Morgan fingerprint density at radius 2 is 1.46 bits per heavy atom. The number of hydrogen-bond donors (Lipinski definition) is 0. The molecule has 9 unspecified atom stereocenters. The van der Waals surface area contributed by atoms with Gasteiger partial charge in [-0.25, -0.2) is 0 Å². The molecule has 0 aromatic heterocycles. The summed E-state index contributed by atoms with van der Waals surface area (Å²) in [5.74, 6) is 8.58. The largest absolute Gasteiger partial charge is 0.354 e. The lowest BCUT2D eigenvalue weighted by Crippen LogP contribution is -2.43. The first-order valence-corrected chi connectivity index (χ1v) is 10.4. The average molecular weight is 335 g/mol. The lowest BCUT2D eigenvalue weighted by atomic mass is 9.61.